The van der Waals surface area contributed by atoms with Crippen LogP contribution in [0.15, 0.2) is 65.7 Å². The number of morpholine rings is 1. The molecule has 174 valence electrons. The van der Waals surface area contributed by atoms with Gasteiger partial charge in [-0.05, 0) is 35.9 Å². The van der Waals surface area contributed by atoms with Gasteiger partial charge in [-0.3, -0.25) is 4.79 Å². The first kappa shape index (κ1) is 23.2. The zero-order chi connectivity index (χ0) is 23.3. The summed E-state index contributed by atoms with van der Waals surface area (Å²) in [4.78, 5) is 12.5. The summed E-state index contributed by atoms with van der Waals surface area (Å²) in [5.41, 5.74) is 0.877. The highest BCUT2D eigenvalue weighted by atomic mass is 35.5. The van der Waals surface area contributed by atoms with Crippen LogP contribution in [0.5, 0.6) is 5.75 Å². The van der Waals surface area contributed by atoms with Crippen LogP contribution in [0.3, 0.4) is 0 Å². The summed E-state index contributed by atoms with van der Waals surface area (Å²) in [5.74, 6) is 0.520. The number of carbonyl (C=O) groups excluding carboxylic acids is 1. The van der Waals surface area contributed by atoms with E-state index in [9.17, 15) is 13.2 Å². The topological polar surface area (TPSA) is 103 Å². The summed E-state index contributed by atoms with van der Waals surface area (Å²) >= 11 is 6.21. The van der Waals surface area contributed by atoms with Crippen molar-refractivity contribution >= 4 is 33.3 Å². The second-order valence-corrected chi connectivity index (χ2v) is 9.64. The molecule has 2 heterocycles. The zero-order valence-corrected chi connectivity index (χ0v) is 19.3. The van der Waals surface area contributed by atoms with E-state index in [2.05, 4.69) is 10.4 Å². The fourth-order valence-corrected chi connectivity index (χ4v) is 4.93. The normalized spacial score (nSPS) is 14.7. The second kappa shape index (κ2) is 10.3. The molecule has 1 fully saturated rings. The number of ether oxygens (including phenoxy) is 2. The number of nitrogens with zero attached hydrogens (tertiary/aromatic N) is 3. The Balaban J connectivity index is 1.33. The van der Waals surface area contributed by atoms with Gasteiger partial charge in [-0.25, -0.2) is 13.1 Å². The molecule has 1 N–H and O–H groups in total. The number of hydrogen-bond donors (Lipinski definition) is 1. The highest BCUT2D eigenvalue weighted by molar-refractivity contribution is 7.89. The van der Waals surface area contributed by atoms with Crippen LogP contribution in [0, 0.1) is 0 Å². The fraction of sp³-hybridized carbons (Fsp3) is 0.273. The van der Waals surface area contributed by atoms with Gasteiger partial charge in [0.2, 0.25) is 10.0 Å². The standard InChI is InChI=1S/C22H23ClN4O5S/c23-20-4-2-1-3-17(20)15-27-21(9-10-24-27)25-22(28)16-32-18-5-7-19(8-6-18)33(29,30)26-11-13-31-14-12-26/h1-10H,11-16H2,(H,25,28). The van der Waals surface area contributed by atoms with Crippen molar-refractivity contribution in [2.45, 2.75) is 11.4 Å². The van der Waals surface area contributed by atoms with Gasteiger partial charge in [-0.1, -0.05) is 29.8 Å². The molecule has 2 aromatic carbocycles. The molecule has 3 aromatic rings. The molecule has 0 spiro atoms. The van der Waals surface area contributed by atoms with Crippen LogP contribution >= 0.6 is 11.6 Å². The molecule has 0 atom stereocenters. The van der Waals surface area contributed by atoms with E-state index in [1.807, 2.05) is 18.2 Å². The van der Waals surface area contributed by atoms with Crippen molar-refractivity contribution in [1.82, 2.24) is 14.1 Å². The van der Waals surface area contributed by atoms with Crippen molar-refractivity contribution < 1.29 is 22.7 Å². The van der Waals surface area contributed by atoms with Crippen molar-refractivity contribution in [2.24, 2.45) is 0 Å². The van der Waals surface area contributed by atoms with Crippen LogP contribution in [0.4, 0.5) is 5.82 Å². The number of amides is 1. The predicted molar refractivity (Wildman–Crippen MR) is 123 cm³/mol. The van der Waals surface area contributed by atoms with Crippen molar-refractivity contribution in [3.63, 3.8) is 0 Å². The number of hydrogen-bond acceptors (Lipinski definition) is 6. The van der Waals surface area contributed by atoms with E-state index < -0.39 is 10.0 Å². The highest BCUT2D eigenvalue weighted by Crippen LogP contribution is 2.21. The lowest BCUT2D eigenvalue weighted by molar-refractivity contribution is -0.118. The molecule has 0 radical (unpaired) electrons. The van der Waals surface area contributed by atoms with Gasteiger partial charge < -0.3 is 14.8 Å². The van der Waals surface area contributed by atoms with Crippen LogP contribution in [0.1, 0.15) is 5.56 Å². The summed E-state index contributed by atoms with van der Waals surface area (Å²) in [6.07, 6.45) is 1.58. The Bertz CT molecular complexity index is 1210. The van der Waals surface area contributed by atoms with E-state index in [1.165, 1.54) is 28.6 Å². The molecule has 1 aliphatic heterocycles. The van der Waals surface area contributed by atoms with E-state index >= 15 is 0 Å². The SMILES string of the molecule is O=C(COc1ccc(S(=O)(=O)N2CCOCC2)cc1)Nc1ccnn1Cc1ccccc1Cl. The van der Waals surface area contributed by atoms with Gasteiger partial charge in [-0.2, -0.15) is 9.40 Å². The first-order chi connectivity index (χ1) is 15.9. The lowest BCUT2D eigenvalue weighted by Crippen LogP contribution is -2.40. The predicted octanol–water partition coefficient (Wildman–Crippen LogP) is 2.62. The first-order valence-electron chi connectivity index (χ1n) is 10.3. The minimum atomic E-state index is -3.58. The summed E-state index contributed by atoms with van der Waals surface area (Å²) in [6.45, 7) is 1.58. The van der Waals surface area contributed by atoms with E-state index in [0.717, 1.165) is 5.56 Å². The number of aromatic nitrogens is 2. The molecule has 0 aliphatic carbocycles. The molecule has 0 saturated carbocycles. The van der Waals surface area contributed by atoms with Gasteiger partial charge in [0.1, 0.15) is 11.6 Å². The molecule has 0 bridgehead atoms. The van der Waals surface area contributed by atoms with Crippen LogP contribution < -0.4 is 10.1 Å². The molecular weight excluding hydrogens is 468 g/mol. The van der Waals surface area contributed by atoms with Gasteiger partial charge in [0.25, 0.3) is 5.91 Å². The third-order valence-corrected chi connectivity index (χ3v) is 7.35. The Morgan fingerprint density at radius 2 is 1.82 bits per heavy atom. The van der Waals surface area contributed by atoms with E-state index in [1.54, 1.807) is 23.0 Å². The van der Waals surface area contributed by atoms with Crippen molar-refractivity contribution in [1.29, 1.82) is 0 Å². The van der Waals surface area contributed by atoms with E-state index in [0.29, 0.717) is 49.4 Å². The maximum absolute atomic E-state index is 12.7. The molecule has 9 nitrogen and oxygen atoms in total. The van der Waals surface area contributed by atoms with Crippen LogP contribution in [0.25, 0.3) is 0 Å². The fourth-order valence-electron chi connectivity index (χ4n) is 3.32. The average Bonchev–Trinajstić information content (AvgIpc) is 3.26. The third kappa shape index (κ3) is 5.72. The van der Waals surface area contributed by atoms with Crippen molar-refractivity contribution in [3.8, 4) is 5.75 Å². The molecule has 1 amide bonds. The maximum Gasteiger partial charge on any atom is 0.263 e. The average molecular weight is 491 g/mol. The molecule has 4 rings (SSSR count). The lowest BCUT2D eigenvalue weighted by Gasteiger charge is -2.26. The van der Waals surface area contributed by atoms with Crippen molar-refractivity contribution in [3.05, 3.63) is 71.4 Å². The molecule has 33 heavy (non-hydrogen) atoms. The quantitative estimate of drug-likeness (QED) is 0.520. The van der Waals surface area contributed by atoms with Crippen LogP contribution in [-0.4, -0.2) is 61.3 Å². The van der Waals surface area contributed by atoms with Crippen LogP contribution in [-0.2, 0) is 26.1 Å². The van der Waals surface area contributed by atoms with E-state index in [4.69, 9.17) is 21.1 Å². The van der Waals surface area contributed by atoms with Gasteiger partial charge in [0.05, 0.1) is 30.9 Å². The Morgan fingerprint density at radius 1 is 1.09 bits per heavy atom. The third-order valence-electron chi connectivity index (χ3n) is 5.06. The molecule has 1 saturated heterocycles. The van der Waals surface area contributed by atoms with Crippen LogP contribution in [0.2, 0.25) is 5.02 Å². The monoisotopic (exact) mass is 490 g/mol. The Morgan fingerprint density at radius 3 is 2.55 bits per heavy atom. The summed E-state index contributed by atoms with van der Waals surface area (Å²) in [7, 11) is -3.58. The number of carbonyl (C=O) groups is 1. The molecule has 1 aliphatic rings. The zero-order valence-electron chi connectivity index (χ0n) is 17.7. The summed E-state index contributed by atoms with van der Waals surface area (Å²) < 4.78 is 39.1. The minimum absolute atomic E-state index is 0.171. The smallest absolute Gasteiger partial charge is 0.263 e. The largest absolute Gasteiger partial charge is 0.484 e. The number of benzene rings is 2. The first-order valence-corrected chi connectivity index (χ1v) is 12.1. The second-order valence-electron chi connectivity index (χ2n) is 7.29. The molecular formula is C22H23ClN4O5S. The van der Waals surface area contributed by atoms with Gasteiger partial charge in [0, 0.05) is 24.2 Å². The maximum atomic E-state index is 12.7. The lowest BCUT2D eigenvalue weighted by atomic mass is 10.2. The molecule has 1 aromatic heterocycles. The Kier molecular flexibility index (Phi) is 7.29. The van der Waals surface area contributed by atoms with E-state index in [-0.39, 0.29) is 17.4 Å². The molecule has 11 heteroatoms. The van der Waals surface area contributed by atoms with Gasteiger partial charge >= 0.3 is 0 Å². The summed E-state index contributed by atoms with van der Waals surface area (Å²) in [5, 5.41) is 7.61. The molecule has 0 unspecified atom stereocenters. The summed E-state index contributed by atoms with van der Waals surface area (Å²) in [6, 6.07) is 15.1. The number of nitrogens with one attached hydrogen (secondary N) is 1. The van der Waals surface area contributed by atoms with Gasteiger partial charge in [-0.15, -0.1) is 0 Å². The number of halogens is 1. The Labute approximate surface area is 196 Å². The number of sulfonamides is 1. The number of rotatable bonds is 8. The number of anilines is 1. The van der Waals surface area contributed by atoms with Crippen molar-refractivity contribution in [2.75, 3.05) is 38.2 Å². The Hall–Kier alpha value is -2.92. The minimum Gasteiger partial charge on any atom is -0.484 e. The highest BCUT2D eigenvalue weighted by Gasteiger charge is 2.26. The van der Waals surface area contributed by atoms with Gasteiger partial charge in [0.15, 0.2) is 6.61 Å².